The van der Waals surface area contributed by atoms with E-state index in [0.29, 0.717) is 29.4 Å². The van der Waals surface area contributed by atoms with E-state index in [1.54, 1.807) is 36.4 Å². The summed E-state index contributed by atoms with van der Waals surface area (Å²) in [5.74, 6) is 0.445. The van der Waals surface area contributed by atoms with Gasteiger partial charge in [-0.15, -0.1) is 0 Å². The van der Waals surface area contributed by atoms with Crippen LogP contribution in [-0.2, 0) is 6.54 Å². The molecule has 0 aliphatic carbocycles. The Hall–Kier alpha value is -1.62. The summed E-state index contributed by atoms with van der Waals surface area (Å²) in [6.07, 6.45) is 0.276. The fourth-order valence-electron chi connectivity index (χ4n) is 2.49. The van der Waals surface area contributed by atoms with Crippen LogP contribution < -0.4 is 4.74 Å². The summed E-state index contributed by atoms with van der Waals surface area (Å²) < 4.78 is 19.4. The number of benzene rings is 2. The van der Waals surface area contributed by atoms with Crippen molar-refractivity contribution in [2.45, 2.75) is 26.0 Å². The van der Waals surface area contributed by atoms with Crippen LogP contribution in [0.5, 0.6) is 5.75 Å². The Kier molecular flexibility index (Phi) is 7.50. The summed E-state index contributed by atoms with van der Waals surface area (Å²) >= 11 is 5.83. The molecule has 0 saturated carbocycles. The van der Waals surface area contributed by atoms with Crippen LogP contribution in [0.2, 0.25) is 5.02 Å². The molecule has 0 spiro atoms. The maximum Gasteiger partial charge on any atom is 0.127 e. The lowest BCUT2D eigenvalue weighted by Gasteiger charge is -2.25. The largest absolute Gasteiger partial charge is 0.491 e. The highest BCUT2D eigenvalue weighted by molar-refractivity contribution is 6.30. The Morgan fingerprint density at radius 3 is 2.54 bits per heavy atom. The fourth-order valence-corrected chi connectivity index (χ4v) is 2.62. The van der Waals surface area contributed by atoms with Crippen molar-refractivity contribution in [2.24, 2.45) is 0 Å². The highest BCUT2D eigenvalue weighted by Gasteiger charge is 2.14. The third-order valence-electron chi connectivity index (χ3n) is 3.62. The van der Waals surface area contributed by atoms with Gasteiger partial charge in [-0.25, -0.2) is 4.39 Å². The maximum absolute atomic E-state index is 13.8. The molecule has 130 valence electrons. The van der Waals surface area contributed by atoms with Gasteiger partial charge in [-0.1, -0.05) is 36.7 Å². The number of nitrogens with zero attached hydrogens (tertiary/aromatic N) is 1. The van der Waals surface area contributed by atoms with Crippen molar-refractivity contribution in [1.29, 1.82) is 0 Å². The molecular formula is C19H23ClFNO2. The molecule has 0 aliphatic heterocycles. The highest BCUT2D eigenvalue weighted by atomic mass is 35.5. The molecule has 1 N–H and O–H groups in total. The van der Waals surface area contributed by atoms with Gasteiger partial charge in [0.05, 0.1) is 0 Å². The molecule has 1 unspecified atom stereocenters. The normalized spacial score (nSPS) is 12.4. The van der Waals surface area contributed by atoms with Crippen LogP contribution in [0.4, 0.5) is 4.39 Å². The first-order valence-corrected chi connectivity index (χ1v) is 8.48. The first-order valence-electron chi connectivity index (χ1n) is 8.10. The molecule has 0 heterocycles. The van der Waals surface area contributed by atoms with Gasteiger partial charge in [-0.2, -0.15) is 0 Å². The minimum Gasteiger partial charge on any atom is -0.491 e. The van der Waals surface area contributed by atoms with Gasteiger partial charge < -0.3 is 9.84 Å². The molecule has 24 heavy (non-hydrogen) atoms. The number of hydrogen-bond acceptors (Lipinski definition) is 3. The van der Waals surface area contributed by atoms with Crippen molar-refractivity contribution in [2.75, 3.05) is 19.7 Å². The molecule has 2 aromatic rings. The number of ether oxygens (including phenoxy) is 1. The second-order valence-corrected chi connectivity index (χ2v) is 6.18. The SMILES string of the molecule is CCCN(Cc1ccccc1F)CC(O)COc1ccc(Cl)cc1. The van der Waals surface area contributed by atoms with Crippen LogP contribution in [0.15, 0.2) is 48.5 Å². The standard InChI is InChI=1S/C19H23ClFNO2/c1-2-11-22(12-15-5-3-4-6-19(15)21)13-17(23)14-24-18-9-7-16(20)8-10-18/h3-10,17,23H,2,11-14H2,1H3. The number of aliphatic hydroxyl groups excluding tert-OH is 1. The molecule has 1 atom stereocenters. The van der Waals surface area contributed by atoms with E-state index in [-0.39, 0.29) is 12.4 Å². The Balaban J connectivity index is 1.87. The van der Waals surface area contributed by atoms with Gasteiger partial charge in [-0.3, -0.25) is 4.90 Å². The van der Waals surface area contributed by atoms with E-state index in [1.165, 1.54) is 6.07 Å². The molecule has 0 fully saturated rings. The average molecular weight is 352 g/mol. The van der Waals surface area contributed by atoms with Crippen LogP contribution >= 0.6 is 11.6 Å². The van der Waals surface area contributed by atoms with Crippen molar-refractivity contribution in [3.05, 3.63) is 64.9 Å². The van der Waals surface area contributed by atoms with E-state index in [2.05, 4.69) is 6.92 Å². The monoisotopic (exact) mass is 351 g/mol. The Labute approximate surface area is 147 Å². The van der Waals surface area contributed by atoms with E-state index in [9.17, 15) is 9.50 Å². The van der Waals surface area contributed by atoms with Crippen molar-refractivity contribution in [3.8, 4) is 5.75 Å². The quantitative estimate of drug-likeness (QED) is 0.737. The van der Waals surface area contributed by atoms with Gasteiger partial charge in [0.2, 0.25) is 0 Å². The summed E-state index contributed by atoms with van der Waals surface area (Å²) in [5.41, 5.74) is 0.636. The van der Waals surface area contributed by atoms with Crippen LogP contribution in [0.1, 0.15) is 18.9 Å². The minimum atomic E-state index is -0.654. The average Bonchev–Trinajstić information content (AvgIpc) is 2.56. The third kappa shape index (κ3) is 6.11. The summed E-state index contributed by atoms with van der Waals surface area (Å²) in [7, 11) is 0. The molecule has 2 rings (SSSR count). The van der Waals surface area contributed by atoms with Gasteiger partial charge in [0, 0.05) is 23.7 Å². The summed E-state index contributed by atoms with van der Waals surface area (Å²) in [5, 5.41) is 10.9. The lowest BCUT2D eigenvalue weighted by Crippen LogP contribution is -2.36. The van der Waals surface area contributed by atoms with E-state index < -0.39 is 6.10 Å². The summed E-state index contributed by atoms with van der Waals surface area (Å²) in [6, 6.07) is 13.7. The molecule has 0 aliphatic rings. The zero-order valence-corrected chi connectivity index (χ0v) is 14.5. The van der Waals surface area contributed by atoms with Gasteiger partial charge in [0.15, 0.2) is 0 Å². The van der Waals surface area contributed by atoms with E-state index >= 15 is 0 Å². The Morgan fingerprint density at radius 1 is 1.17 bits per heavy atom. The lowest BCUT2D eigenvalue weighted by atomic mass is 10.2. The van der Waals surface area contributed by atoms with E-state index in [4.69, 9.17) is 16.3 Å². The Bertz CT molecular complexity index is 621. The second kappa shape index (κ2) is 9.62. The lowest BCUT2D eigenvalue weighted by molar-refractivity contribution is 0.0652. The number of hydrogen-bond donors (Lipinski definition) is 1. The third-order valence-corrected chi connectivity index (χ3v) is 3.87. The molecular weight excluding hydrogens is 329 g/mol. The van der Waals surface area contributed by atoms with Crippen molar-refractivity contribution in [3.63, 3.8) is 0 Å². The first-order chi connectivity index (χ1) is 11.6. The summed E-state index contributed by atoms with van der Waals surface area (Å²) in [6.45, 7) is 3.92. The summed E-state index contributed by atoms with van der Waals surface area (Å²) in [4.78, 5) is 2.04. The second-order valence-electron chi connectivity index (χ2n) is 5.75. The zero-order chi connectivity index (χ0) is 17.4. The number of aliphatic hydroxyl groups is 1. The first kappa shape index (κ1) is 18.7. The Morgan fingerprint density at radius 2 is 1.88 bits per heavy atom. The van der Waals surface area contributed by atoms with Crippen LogP contribution in [0.3, 0.4) is 0 Å². The molecule has 0 radical (unpaired) electrons. The topological polar surface area (TPSA) is 32.7 Å². The van der Waals surface area contributed by atoms with Gasteiger partial charge >= 0.3 is 0 Å². The van der Waals surface area contributed by atoms with Crippen molar-refractivity contribution in [1.82, 2.24) is 4.90 Å². The molecule has 0 aromatic heterocycles. The highest BCUT2D eigenvalue weighted by Crippen LogP contribution is 2.16. The smallest absolute Gasteiger partial charge is 0.127 e. The van der Waals surface area contributed by atoms with Gasteiger partial charge in [-0.05, 0) is 43.3 Å². The number of halogens is 2. The van der Waals surface area contributed by atoms with Crippen LogP contribution in [0.25, 0.3) is 0 Å². The van der Waals surface area contributed by atoms with Crippen LogP contribution in [0, 0.1) is 5.82 Å². The molecule has 2 aromatic carbocycles. The maximum atomic E-state index is 13.8. The molecule has 0 saturated heterocycles. The predicted octanol–water partition coefficient (Wildman–Crippen LogP) is 4.13. The fraction of sp³-hybridized carbons (Fsp3) is 0.368. The minimum absolute atomic E-state index is 0.180. The van der Waals surface area contributed by atoms with Gasteiger partial charge in [0.25, 0.3) is 0 Å². The van der Waals surface area contributed by atoms with Crippen molar-refractivity contribution < 1.29 is 14.2 Å². The molecule has 3 nitrogen and oxygen atoms in total. The van der Waals surface area contributed by atoms with E-state index in [1.807, 2.05) is 11.0 Å². The number of rotatable bonds is 9. The zero-order valence-electron chi connectivity index (χ0n) is 13.8. The van der Waals surface area contributed by atoms with E-state index in [0.717, 1.165) is 13.0 Å². The molecule has 0 amide bonds. The predicted molar refractivity (Wildman–Crippen MR) is 94.9 cm³/mol. The van der Waals surface area contributed by atoms with Gasteiger partial charge in [0.1, 0.15) is 24.3 Å². The van der Waals surface area contributed by atoms with Crippen LogP contribution in [-0.4, -0.2) is 35.8 Å². The van der Waals surface area contributed by atoms with Crippen molar-refractivity contribution >= 4 is 11.6 Å². The molecule has 5 heteroatoms. The molecule has 0 bridgehead atoms.